The minimum atomic E-state index is -4.60. The number of rotatable bonds is 43. The van der Waals surface area contributed by atoms with Gasteiger partial charge in [-0.15, -0.1) is 0 Å². The Morgan fingerprint density at radius 3 is 1.45 bits per heavy atom. The third kappa shape index (κ3) is 42.6. The summed E-state index contributed by atoms with van der Waals surface area (Å²) in [6.45, 7) is 4.56. The molecule has 2 N–H and O–H groups in total. The summed E-state index contributed by atoms with van der Waals surface area (Å²) < 4.78 is 23.2. The third-order valence-electron chi connectivity index (χ3n) is 10.5. The molecule has 340 valence electrons. The number of likely N-dealkylation sites (N-methyl/N-ethyl adjacent to an activating group) is 1. The van der Waals surface area contributed by atoms with Crippen molar-refractivity contribution in [3.05, 3.63) is 48.6 Å². The molecule has 8 nitrogen and oxygen atoms in total. The summed E-state index contributed by atoms with van der Waals surface area (Å²) in [7, 11) is 1.23. The Morgan fingerprint density at radius 2 is 0.983 bits per heavy atom. The van der Waals surface area contributed by atoms with Crippen molar-refractivity contribution in [3.63, 3.8) is 0 Å². The molecule has 0 aliphatic heterocycles. The second-order valence-electron chi connectivity index (χ2n) is 17.4. The highest BCUT2D eigenvalue weighted by Crippen LogP contribution is 2.38. The number of nitrogens with zero attached hydrogens (tertiary/aromatic N) is 1. The maximum absolute atomic E-state index is 12.9. The van der Waals surface area contributed by atoms with Crippen molar-refractivity contribution in [2.75, 3.05) is 40.9 Å². The number of aliphatic hydroxyl groups excluding tert-OH is 1. The Hall–Kier alpha value is -1.54. The topological polar surface area (TPSA) is 108 Å². The molecule has 3 unspecified atom stereocenters. The molecular weight excluding hydrogens is 744 g/mol. The molecule has 0 aliphatic rings. The van der Waals surface area contributed by atoms with Gasteiger partial charge in [-0.05, 0) is 64.2 Å². The van der Waals surface area contributed by atoms with Crippen LogP contribution in [0, 0.1) is 0 Å². The molecule has 0 aromatic rings. The molecule has 58 heavy (non-hydrogen) atoms. The van der Waals surface area contributed by atoms with E-state index in [1.807, 2.05) is 27.2 Å². The maximum atomic E-state index is 12.9. The van der Waals surface area contributed by atoms with Crippen molar-refractivity contribution in [3.8, 4) is 0 Å². The molecule has 0 rings (SSSR count). The van der Waals surface area contributed by atoms with E-state index >= 15 is 0 Å². The number of unbranched alkanes of at least 4 members (excludes halogenated alkanes) is 24. The normalized spacial score (nSPS) is 14.7. The van der Waals surface area contributed by atoms with Crippen LogP contribution in [0.25, 0.3) is 0 Å². The van der Waals surface area contributed by atoms with E-state index in [9.17, 15) is 19.4 Å². The standard InChI is InChI=1S/C49H93N2O6P/c1-6-8-10-12-14-16-18-20-21-22-23-24-25-26-27-28-29-30-31-33-35-37-39-41-43-49(53)50-47(46-57-58(54,55)56-45-44-51(3,4)5)48(52)42-40-38-36-34-32-19-17-15-13-11-9-7-2/h13,15,26-27,32,34,40,42,47-48,52H,6-12,14,16-25,28-31,33,35-39,41,43-46H2,1-5H3,(H-,50,53,54,55)/b15-13+,27-26-,34-32+,42-40+. The molecule has 0 heterocycles. The molecule has 0 saturated carbocycles. The maximum Gasteiger partial charge on any atom is 0.268 e. The van der Waals surface area contributed by atoms with E-state index in [1.165, 1.54) is 135 Å². The summed E-state index contributed by atoms with van der Waals surface area (Å²) in [5.41, 5.74) is 0. The second kappa shape index (κ2) is 40.8. The highest BCUT2D eigenvalue weighted by Gasteiger charge is 2.23. The summed E-state index contributed by atoms with van der Waals surface area (Å²) in [6, 6.07) is -0.910. The quantitative estimate of drug-likeness (QED) is 0.0274. The van der Waals surface area contributed by atoms with Gasteiger partial charge in [0.1, 0.15) is 13.2 Å². The molecule has 1 amide bonds. The molecule has 0 aromatic heterocycles. The lowest BCUT2D eigenvalue weighted by atomic mass is 10.0. The van der Waals surface area contributed by atoms with Crippen molar-refractivity contribution >= 4 is 13.7 Å². The Labute approximate surface area is 359 Å². The van der Waals surface area contributed by atoms with E-state index < -0.39 is 26.6 Å². The highest BCUT2D eigenvalue weighted by atomic mass is 31.2. The molecule has 0 radical (unpaired) electrons. The van der Waals surface area contributed by atoms with Gasteiger partial charge in [-0.3, -0.25) is 9.36 Å². The molecule has 9 heteroatoms. The largest absolute Gasteiger partial charge is 0.756 e. The van der Waals surface area contributed by atoms with Gasteiger partial charge in [0.25, 0.3) is 7.82 Å². The molecular formula is C49H93N2O6P. The number of carbonyl (C=O) groups is 1. The number of aliphatic hydroxyl groups is 1. The van der Waals surface area contributed by atoms with Crippen LogP contribution in [0.2, 0.25) is 0 Å². The van der Waals surface area contributed by atoms with Crippen LogP contribution in [-0.2, 0) is 18.4 Å². The fourth-order valence-corrected chi connectivity index (χ4v) is 7.36. The molecule has 3 atom stereocenters. The summed E-state index contributed by atoms with van der Waals surface area (Å²) in [5.74, 6) is -0.216. The lowest BCUT2D eigenvalue weighted by Gasteiger charge is -2.29. The molecule has 0 aliphatic carbocycles. The average molecular weight is 837 g/mol. The van der Waals surface area contributed by atoms with Crippen LogP contribution >= 0.6 is 7.82 Å². The Balaban J connectivity index is 4.27. The number of nitrogens with one attached hydrogen (secondary N) is 1. The third-order valence-corrected chi connectivity index (χ3v) is 11.5. The zero-order valence-electron chi connectivity index (χ0n) is 38.5. The second-order valence-corrected chi connectivity index (χ2v) is 18.8. The molecule has 0 spiro atoms. The van der Waals surface area contributed by atoms with Crippen LogP contribution in [0.15, 0.2) is 48.6 Å². The van der Waals surface area contributed by atoms with Crippen molar-refractivity contribution in [1.82, 2.24) is 5.32 Å². The SMILES string of the molecule is CCCC/C=C/CC/C=C/CC/C=C/C(O)C(COP(=O)([O-])OCC[N+](C)(C)C)NC(=O)CCCCCCCCCC/C=C\CCCCCCCCCCCCCC. The predicted octanol–water partition coefficient (Wildman–Crippen LogP) is 13.0. The first kappa shape index (κ1) is 56.5. The number of hydrogen-bond donors (Lipinski definition) is 2. The monoisotopic (exact) mass is 837 g/mol. The van der Waals surface area contributed by atoms with Crippen LogP contribution in [0.1, 0.15) is 206 Å². The Morgan fingerprint density at radius 1 is 0.586 bits per heavy atom. The number of carbonyl (C=O) groups excluding carboxylic acids is 1. The first-order chi connectivity index (χ1) is 28.0. The summed E-state index contributed by atoms with van der Waals surface area (Å²) in [6.07, 6.45) is 51.8. The first-order valence-corrected chi connectivity index (χ1v) is 25.5. The van der Waals surface area contributed by atoms with Gasteiger partial charge in [-0.1, -0.05) is 184 Å². The van der Waals surface area contributed by atoms with E-state index in [0.29, 0.717) is 17.4 Å². The van der Waals surface area contributed by atoms with Crippen LogP contribution in [-0.4, -0.2) is 68.5 Å². The smallest absolute Gasteiger partial charge is 0.268 e. The van der Waals surface area contributed by atoms with Gasteiger partial charge in [0.15, 0.2) is 0 Å². The number of allylic oxidation sites excluding steroid dienone is 7. The van der Waals surface area contributed by atoms with Gasteiger partial charge in [-0.2, -0.15) is 0 Å². The van der Waals surface area contributed by atoms with Gasteiger partial charge >= 0.3 is 0 Å². The van der Waals surface area contributed by atoms with Crippen LogP contribution in [0.4, 0.5) is 0 Å². The van der Waals surface area contributed by atoms with Crippen LogP contribution in [0.3, 0.4) is 0 Å². The van der Waals surface area contributed by atoms with Crippen molar-refractivity contribution in [2.45, 2.75) is 219 Å². The zero-order chi connectivity index (χ0) is 42.8. The van der Waals surface area contributed by atoms with E-state index in [2.05, 4.69) is 55.6 Å². The summed E-state index contributed by atoms with van der Waals surface area (Å²) >= 11 is 0. The van der Waals surface area contributed by atoms with Crippen molar-refractivity contribution in [2.24, 2.45) is 0 Å². The van der Waals surface area contributed by atoms with Gasteiger partial charge in [-0.25, -0.2) is 0 Å². The fraction of sp³-hybridized carbons (Fsp3) is 0.816. The number of amides is 1. The Bertz CT molecular complexity index is 1090. The zero-order valence-corrected chi connectivity index (χ0v) is 39.4. The number of hydrogen-bond acceptors (Lipinski definition) is 6. The van der Waals surface area contributed by atoms with Crippen molar-refractivity contribution in [1.29, 1.82) is 0 Å². The van der Waals surface area contributed by atoms with Crippen LogP contribution in [0.5, 0.6) is 0 Å². The number of phosphoric ester groups is 1. The van der Waals surface area contributed by atoms with Gasteiger partial charge in [0.2, 0.25) is 5.91 Å². The molecule has 0 bridgehead atoms. The summed E-state index contributed by atoms with van der Waals surface area (Å²) in [5, 5.41) is 13.7. The lowest BCUT2D eigenvalue weighted by Crippen LogP contribution is -2.45. The lowest BCUT2D eigenvalue weighted by molar-refractivity contribution is -0.870. The molecule has 0 saturated heterocycles. The Kier molecular flexibility index (Phi) is 39.8. The average Bonchev–Trinajstić information content (AvgIpc) is 3.17. The minimum absolute atomic E-state index is 0.0106. The van der Waals surface area contributed by atoms with Gasteiger partial charge < -0.3 is 28.8 Å². The predicted molar refractivity (Wildman–Crippen MR) is 247 cm³/mol. The first-order valence-electron chi connectivity index (χ1n) is 24.0. The highest BCUT2D eigenvalue weighted by molar-refractivity contribution is 7.45. The van der Waals surface area contributed by atoms with E-state index in [4.69, 9.17) is 9.05 Å². The van der Waals surface area contributed by atoms with Crippen LogP contribution < -0.4 is 10.2 Å². The van der Waals surface area contributed by atoms with Crippen molar-refractivity contribution < 1.29 is 32.9 Å². The van der Waals surface area contributed by atoms with Gasteiger partial charge in [0, 0.05) is 6.42 Å². The van der Waals surface area contributed by atoms with E-state index in [0.717, 1.165) is 51.4 Å². The van der Waals surface area contributed by atoms with E-state index in [1.54, 1.807) is 6.08 Å². The number of quaternary nitrogens is 1. The molecule has 0 fully saturated rings. The fourth-order valence-electron chi connectivity index (χ4n) is 6.64. The molecule has 0 aromatic carbocycles. The number of phosphoric acid groups is 1. The summed E-state index contributed by atoms with van der Waals surface area (Å²) in [4.78, 5) is 25.3. The van der Waals surface area contributed by atoms with Gasteiger partial charge in [0.05, 0.1) is 39.9 Å². The minimum Gasteiger partial charge on any atom is -0.756 e. The van der Waals surface area contributed by atoms with E-state index in [-0.39, 0.29) is 12.5 Å².